The van der Waals surface area contributed by atoms with Gasteiger partial charge in [-0.05, 0) is 12.1 Å². The molecular formula is C12H10ClFN4OS. The number of rotatable bonds is 2. The maximum absolute atomic E-state index is 13.1. The van der Waals surface area contributed by atoms with Crippen molar-refractivity contribution in [3.05, 3.63) is 24.3 Å². The number of aliphatic imine (C=N–C) groups is 1. The van der Waals surface area contributed by atoms with Crippen molar-refractivity contribution in [2.75, 3.05) is 0 Å². The van der Waals surface area contributed by atoms with Crippen molar-refractivity contribution in [1.29, 1.82) is 0 Å². The van der Waals surface area contributed by atoms with E-state index in [1.807, 2.05) is 24.3 Å². The molecule has 5 nitrogen and oxygen atoms in total. The Morgan fingerprint density at radius 3 is 2.95 bits per heavy atom. The van der Waals surface area contributed by atoms with Crippen LogP contribution in [0.15, 0.2) is 29.3 Å². The number of hydrogen-bond donors (Lipinski definition) is 2. The van der Waals surface area contributed by atoms with Gasteiger partial charge in [0.1, 0.15) is 0 Å². The first-order chi connectivity index (χ1) is 9.45. The molecule has 1 saturated carbocycles. The fourth-order valence-corrected chi connectivity index (χ4v) is 2.85. The predicted octanol–water partition coefficient (Wildman–Crippen LogP) is 2.28. The summed E-state index contributed by atoms with van der Waals surface area (Å²) in [5.74, 6) is -1.55. The highest BCUT2D eigenvalue weighted by atomic mass is 35.5. The lowest BCUT2D eigenvalue weighted by Crippen LogP contribution is -2.38. The minimum Gasteiger partial charge on any atom is -0.369 e. The minimum absolute atomic E-state index is 0.00515. The number of carbonyl (C=O) groups is 1. The summed E-state index contributed by atoms with van der Waals surface area (Å²) in [4.78, 5) is 19.8. The van der Waals surface area contributed by atoms with Crippen LogP contribution >= 0.6 is 22.9 Å². The van der Waals surface area contributed by atoms with E-state index in [-0.39, 0.29) is 12.4 Å². The first kappa shape index (κ1) is 13.3. The topological polar surface area (TPSA) is 80.4 Å². The van der Waals surface area contributed by atoms with Crippen LogP contribution in [0.5, 0.6) is 0 Å². The van der Waals surface area contributed by atoms with Gasteiger partial charge in [0, 0.05) is 6.42 Å². The third kappa shape index (κ3) is 2.59. The number of para-hydroxylation sites is 1. The highest BCUT2D eigenvalue weighted by Gasteiger charge is 2.58. The number of nitrogens with zero attached hydrogens (tertiary/aromatic N) is 2. The minimum atomic E-state index is -1.94. The number of aromatic nitrogens is 1. The number of carbonyl (C=O) groups excluding carboxylic acids is 1. The molecule has 0 saturated heterocycles. The zero-order valence-electron chi connectivity index (χ0n) is 10.1. The maximum atomic E-state index is 13.1. The van der Waals surface area contributed by atoms with Crippen molar-refractivity contribution in [1.82, 2.24) is 10.3 Å². The summed E-state index contributed by atoms with van der Waals surface area (Å²) >= 11 is 6.73. The van der Waals surface area contributed by atoms with Crippen LogP contribution in [0.3, 0.4) is 0 Å². The van der Waals surface area contributed by atoms with Crippen molar-refractivity contribution < 1.29 is 9.18 Å². The Morgan fingerprint density at radius 1 is 1.60 bits per heavy atom. The SMILES string of the molecule is N/C(=N\c1nc2ccccc2s1)NC(=O)C1CC1(F)Cl. The summed E-state index contributed by atoms with van der Waals surface area (Å²) in [7, 11) is 0. The Balaban J connectivity index is 1.73. The first-order valence-electron chi connectivity index (χ1n) is 5.84. The summed E-state index contributed by atoms with van der Waals surface area (Å²) in [6.07, 6.45) is -0.00515. The van der Waals surface area contributed by atoms with E-state index in [2.05, 4.69) is 15.3 Å². The van der Waals surface area contributed by atoms with Crippen molar-refractivity contribution in [3.8, 4) is 0 Å². The van der Waals surface area contributed by atoms with Gasteiger partial charge in [-0.15, -0.1) is 0 Å². The zero-order chi connectivity index (χ0) is 14.3. The van der Waals surface area contributed by atoms with Crippen LogP contribution in [-0.2, 0) is 4.79 Å². The second-order valence-electron chi connectivity index (χ2n) is 4.47. The number of amides is 1. The number of halogens is 2. The fraction of sp³-hybridized carbons (Fsp3) is 0.250. The van der Waals surface area contributed by atoms with Gasteiger partial charge in [0.15, 0.2) is 5.13 Å². The van der Waals surface area contributed by atoms with Gasteiger partial charge in [-0.3, -0.25) is 10.1 Å². The van der Waals surface area contributed by atoms with Crippen LogP contribution in [0.25, 0.3) is 10.2 Å². The smallest absolute Gasteiger partial charge is 0.234 e. The van der Waals surface area contributed by atoms with Gasteiger partial charge in [0.2, 0.25) is 17.0 Å². The molecule has 0 bridgehead atoms. The Morgan fingerprint density at radius 2 is 2.30 bits per heavy atom. The average Bonchev–Trinajstić information content (AvgIpc) is 2.82. The summed E-state index contributed by atoms with van der Waals surface area (Å²) in [5.41, 5.74) is 6.41. The van der Waals surface area contributed by atoms with Crippen molar-refractivity contribution in [2.24, 2.45) is 16.6 Å². The van der Waals surface area contributed by atoms with Crippen LogP contribution < -0.4 is 11.1 Å². The largest absolute Gasteiger partial charge is 0.369 e. The molecule has 0 spiro atoms. The maximum Gasteiger partial charge on any atom is 0.234 e. The van der Waals surface area contributed by atoms with Gasteiger partial charge in [-0.25, -0.2) is 9.37 Å². The van der Waals surface area contributed by atoms with Crippen LogP contribution in [0, 0.1) is 5.92 Å². The monoisotopic (exact) mass is 312 g/mol. The van der Waals surface area contributed by atoms with E-state index in [1.165, 1.54) is 11.3 Å². The number of hydrogen-bond acceptors (Lipinski definition) is 4. The lowest BCUT2D eigenvalue weighted by molar-refractivity contribution is -0.121. The molecule has 1 amide bonds. The van der Waals surface area contributed by atoms with Gasteiger partial charge in [-0.1, -0.05) is 35.1 Å². The number of thiazole rings is 1. The third-order valence-corrected chi connectivity index (χ3v) is 4.24. The quantitative estimate of drug-likeness (QED) is 0.507. The first-order valence-corrected chi connectivity index (χ1v) is 7.03. The summed E-state index contributed by atoms with van der Waals surface area (Å²) < 4.78 is 14.1. The third-order valence-electron chi connectivity index (χ3n) is 2.89. The summed E-state index contributed by atoms with van der Waals surface area (Å²) in [5, 5.41) is 0.805. The van der Waals surface area contributed by atoms with E-state index in [0.29, 0.717) is 5.13 Å². The van der Waals surface area contributed by atoms with Crippen LogP contribution in [0.4, 0.5) is 9.52 Å². The molecule has 8 heteroatoms. The summed E-state index contributed by atoms with van der Waals surface area (Å²) in [6.45, 7) is 0. The predicted molar refractivity (Wildman–Crippen MR) is 76.8 cm³/mol. The van der Waals surface area contributed by atoms with Crippen LogP contribution in [0.1, 0.15) is 6.42 Å². The normalized spacial score (nSPS) is 25.7. The molecule has 20 heavy (non-hydrogen) atoms. The highest BCUT2D eigenvalue weighted by Crippen LogP contribution is 2.50. The number of guanidine groups is 1. The van der Waals surface area contributed by atoms with Crippen LogP contribution in [-0.4, -0.2) is 22.0 Å². The molecule has 1 aromatic carbocycles. The van der Waals surface area contributed by atoms with Gasteiger partial charge < -0.3 is 5.73 Å². The van der Waals surface area contributed by atoms with Crippen molar-refractivity contribution >= 4 is 50.2 Å². The molecule has 2 atom stereocenters. The van der Waals surface area contributed by atoms with Gasteiger partial charge >= 0.3 is 0 Å². The second-order valence-corrected chi connectivity index (χ2v) is 6.11. The molecule has 104 valence electrons. The van der Waals surface area contributed by atoms with E-state index in [9.17, 15) is 9.18 Å². The van der Waals surface area contributed by atoms with E-state index >= 15 is 0 Å². The molecule has 1 aliphatic rings. The van der Waals surface area contributed by atoms with E-state index < -0.39 is 17.0 Å². The molecule has 3 N–H and O–H groups in total. The standard InChI is InChI=1S/C12H10ClFN4OS/c13-12(14)5-6(12)9(19)17-10(15)18-11-16-7-3-1-2-4-8(7)20-11/h1-4,6H,5H2,(H3,15,16,17,18,19). The molecule has 1 fully saturated rings. The average molecular weight is 313 g/mol. The Labute approximate surface area is 122 Å². The van der Waals surface area contributed by atoms with Gasteiger partial charge in [0.05, 0.1) is 16.1 Å². The second kappa shape index (κ2) is 4.68. The lowest BCUT2D eigenvalue weighted by atomic mass is 10.3. The summed E-state index contributed by atoms with van der Waals surface area (Å²) in [6, 6.07) is 7.54. The highest BCUT2D eigenvalue weighted by molar-refractivity contribution is 7.22. The molecule has 3 rings (SSSR count). The Bertz CT molecular complexity index is 681. The Kier molecular flexibility index (Phi) is 3.10. The van der Waals surface area contributed by atoms with Gasteiger partial charge in [0.25, 0.3) is 0 Å². The number of nitrogens with one attached hydrogen (secondary N) is 1. The molecule has 2 unspecified atom stereocenters. The van der Waals surface area contributed by atoms with Crippen LogP contribution in [0.2, 0.25) is 0 Å². The van der Waals surface area contributed by atoms with Crippen molar-refractivity contribution in [2.45, 2.75) is 11.5 Å². The molecule has 0 radical (unpaired) electrons. The number of benzene rings is 1. The molecule has 0 aliphatic heterocycles. The number of fused-ring (bicyclic) bond motifs is 1. The van der Waals surface area contributed by atoms with Crippen molar-refractivity contribution in [3.63, 3.8) is 0 Å². The molecule has 1 heterocycles. The van der Waals surface area contributed by atoms with E-state index in [4.69, 9.17) is 17.3 Å². The molecule has 2 aromatic rings. The Hall–Kier alpha value is -1.73. The molecule has 1 aromatic heterocycles. The van der Waals surface area contributed by atoms with E-state index in [0.717, 1.165) is 10.2 Å². The zero-order valence-corrected chi connectivity index (χ0v) is 11.7. The van der Waals surface area contributed by atoms with Gasteiger partial charge in [-0.2, -0.15) is 4.99 Å². The van der Waals surface area contributed by atoms with E-state index in [1.54, 1.807) is 0 Å². The molecular weight excluding hydrogens is 303 g/mol. The molecule has 1 aliphatic carbocycles. The lowest BCUT2D eigenvalue weighted by Gasteiger charge is -2.02. The number of nitrogens with two attached hydrogens (primary N) is 1. The fourth-order valence-electron chi connectivity index (χ4n) is 1.75. The number of alkyl halides is 2.